The van der Waals surface area contributed by atoms with Gasteiger partial charge in [-0.05, 0) is 12.1 Å². The zero-order chi connectivity index (χ0) is 15.6. The number of benzene rings is 2. The zero-order valence-corrected chi connectivity index (χ0v) is 10.4. The van der Waals surface area contributed by atoms with Crippen molar-refractivity contribution in [2.24, 2.45) is 0 Å². The van der Waals surface area contributed by atoms with E-state index in [1.54, 1.807) is 0 Å². The van der Waals surface area contributed by atoms with Crippen LogP contribution in [0.4, 0.5) is 21.5 Å². The highest BCUT2D eigenvalue weighted by Crippen LogP contribution is 2.35. The Hall–Kier alpha value is -3.23. The molecular weight excluding hydrogens is 285 g/mol. The maximum absolute atomic E-state index is 13.6. The van der Waals surface area contributed by atoms with Gasteiger partial charge in [0.2, 0.25) is 5.75 Å². The van der Waals surface area contributed by atoms with Gasteiger partial charge in [0.25, 0.3) is 5.69 Å². The van der Waals surface area contributed by atoms with Crippen LogP contribution in [0.25, 0.3) is 0 Å². The molecule has 0 spiro atoms. The number of hydrogen-bond donors (Lipinski definition) is 1. The molecule has 0 fully saturated rings. The fourth-order valence-corrected chi connectivity index (χ4v) is 1.62. The molecule has 2 rings (SSSR count). The summed E-state index contributed by atoms with van der Waals surface area (Å²) in [5.41, 5.74) is 4.36. The molecule has 0 radical (unpaired) electrons. The monoisotopic (exact) mass is 293 g/mol. The number of nitrogens with two attached hydrogens (primary N) is 1. The molecule has 21 heavy (non-hydrogen) atoms. The standard InChI is InChI=1S/C12H8FN3O5/c13-8-2-1-3-11(16(19)20)12(8)21-7-4-5-10(15(17)18)9(14)6-7/h1-6H,14H2. The molecule has 8 nitrogen and oxygen atoms in total. The molecule has 0 saturated heterocycles. The second-order valence-corrected chi connectivity index (χ2v) is 3.92. The van der Waals surface area contributed by atoms with Gasteiger partial charge in [0.15, 0.2) is 5.82 Å². The molecule has 9 heteroatoms. The fourth-order valence-electron chi connectivity index (χ4n) is 1.62. The number of nitro groups is 2. The Morgan fingerprint density at radius 2 is 1.71 bits per heavy atom. The van der Waals surface area contributed by atoms with Crippen LogP contribution in [-0.2, 0) is 0 Å². The first-order valence-corrected chi connectivity index (χ1v) is 5.55. The topological polar surface area (TPSA) is 122 Å². The van der Waals surface area contributed by atoms with Crippen LogP contribution in [0.15, 0.2) is 36.4 Å². The zero-order valence-electron chi connectivity index (χ0n) is 10.4. The molecule has 0 atom stereocenters. The minimum absolute atomic E-state index is 0.0497. The van der Waals surface area contributed by atoms with Gasteiger partial charge in [-0.3, -0.25) is 20.2 Å². The Morgan fingerprint density at radius 1 is 1.05 bits per heavy atom. The Morgan fingerprint density at radius 3 is 2.29 bits per heavy atom. The number of ether oxygens (including phenoxy) is 1. The summed E-state index contributed by atoms with van der Waals surface area (Å²) in [5.74, 6) is -1.57. The second kappa shape index (κ2) is 5.41. The predicted octanol–water partition coefficient (Wildman–Crippen LogP) is 3.02. The molecule has 108 valence electrons. The predicted molar refractivity (Wildman–Crippen MR) is 70.6 cm³/mol. The van der Waals surface area contributed by atoms with E-state index in [0.717, 1.165) is 24.3 Å². The van der Waals surface area contributed by atoms with Gasteiger partial charge in [-0.1, -0.05) is 6.07 Å². The molecule has 0 heterocycles. The van der Waals surface area contributed by atoms with Crippen molar-refractivity contribution in [1.82, 2.24) is 0 Å². The Labute approximate surface area is 116 Å². The van der Waals surface area contributed by atoms with Crippen LogP contribution in [0, 0.1) is 26.0 Å². The third-order valence-corrected chi connectivity index (χ3v) is 2.56. The van der Waals surface area contributed by atoms with Crippen molar-refractivity contribution >= 4 is 17.1 Å². The number of nitrogens with zero attached hydrogens (tertiary/aromatic N) is 2. The summed E-state index contributed by atoms with van der Waals surface area (Å²) in [6, 6.07) is 6.57. The van der Waals surface area contributed by atoms with Gasteiger partial charge < -0.3 is 10.5 Å². The number of anilines is 1. The van der Waals surface area contributed by atoms with Crippen LogP contribution >= 0.6 is 0 Å². The molecule has 2 aromatic carbocycles. The van der Waals surface area contributed by atoms with Gasteiger partial charge in [0.1, 0.15) is 11.4 Å². The summed E-state index contributed by atoms with van der Waals surface area (Å²) in [4.78, 5) is 20.0. The highest BCUT2D eigenvalue weighted by molar-refractivity contribution is 5.61. The molecule has 0 aromatic heterocycles. The lowest BCUT2D eigenvalue weighted by Gasteiger charge is -2.07. The lowest BCUT2D eigenvalue weighted by molar-refractivity contribution is -0.385. The minimum Gasteiger partial charge on any atom is -0.447 e. The molecule has 0 saturated carbocycles. The summed E-state index contributed by atoms with van der Waals surface area (Å²) >= 11 is 0. The molecule has 0 aliphatic heterocycles. The first kappa shape index (κ1) is 14.2. The first-order valence-electron chi connectivity index (χ1n) is 5.55. The highest BCUT2D eigenvalue weighted by Gasteiger charge is 2.21. The third kappa shape index (κ3) is 2.86. The normalized spacial score (nSPS) is 10.1. The summed E-state index contributed by atoms with van der Waals surface area (Å²) in [6.07, 6.45) is 0. The van der Waals surface area contributed by atoms with Crippen molar-refractivity contribution in [2.75, 3.05) is 5.73 Å². The SMILES string of the molecule is Nc1cc(Oc2c(F)cccc2[N+](=O)[O-])ccc1[N+](=O)[O-]. The number of halogens is 1. The Balaban J connectivity index is 2.41. The van der Waals surface area contributed by atoms with Gasteiger partial charge >= 0.3 is 5.69 Å². The van der Waals surface area contributed by atoms with Crippen LogP contribution in [-0.4, -0.2) is 9.85 Å². The van der Waals surface area contributed by atoms with Crippen LogP contribution in [0.2, 0.25) is 0 Å². The number of hydrogen-bond acceptors (Lipinski definition) is 6. The molecule has 0 unspecified atom stereocenters. The van der Waals surface area contributed by atoms with Crippen molar-refractivity contribution in [1.29, 1.82) is 0 Å². The van der Waals surface area contributed by atoms with Crippen LogP contribution < -0.4 is 10.5 Å². The third-order valence-electron chi connectivity index (χ3n) is 2.56. The second-order valence-electron chi connectivity index (χ2n) is 3.92. The van der Waals surface area contributed by atoms with Crippen LogP contribution in [0.3, 0.4) is 0 Å². The van der Waals surface area contributed by atoms with E-state index < -0.39 is 27.1 Å². The molecule has 2 aromatic rings. The molecule has 0 bridgehead atoms. The lowest BCUT2D eigenvalue weighted by atomic mass is 10.2. The Kier molecular flexibility index (Phi) is 3.65. The van der Waals surface area contributed by atoms with E-state index in [-0.39, 0.29) is 17.1 Å². The van der Waals surface area contributed by atoms with Gasteiger partial charge in [-0.25, -0.2) is 4.39 Å². The maximum Gasteiger partial charge on any atom is 0.314 e. The highest BCUT2D eigenvalue weighted by atomic mass is 19.1. The smallest absolute Gasteiger partial charge is 0.314 e. The number of para-hydroxylation sites is 1. The van der Waals surface area contributed by atoms with Crippen LogP contribution in [0.5, 0.6) is 11.5 Å². The van der Waals surface area contributed by atoms with Gasteiger partial charge in [0, 0.05) is 18.2 Å². The first-order chi connectivity index (χ1) is 9.90. The lowest BCUT2D eigenvalue weighted by Crippen LogP contribution is -1.98. The fraction of sp³-hybridized carbons (Fsp3) is 0. The van der Waals surface area contributed by atoms with Gasteiger partial charge in [-0.15, -0.1) is 0 Å². The van der Waals surface area contributed by atoms with E-state index >= 15 is 0 Å². The molecular formula is C12H8FN3O5. The number of rotatable bonds is 4. The quantitative estimate of drug-likeness (QED) is 0.525. The van der Waals surface area contributed by atoms with Crippen molar-refractivity contribution < 1.29 is 19.0 Å². The largest absolute Gasteiger partial charge is 0.447 e. The van der Waals surface area contributed by atoms with E-state index in [4.69, 9.17) is 10.5 Å². The average molecular weight is 293 g/mol. The van der Waals surface area contributed by atoms with Crippen molar-refractivity contribution in [3.63, 3.8) is 0 Å². The summed E-state index contributed by atoms with van der Waals surface area (Å²) < 4.78 is 18.7. The summed E-state index contributed by atoms with van der Waals surface area (Å²) in [7, 11) is 0. The van der Waals surface area contributed by atoms with Crippen molar-refractivity contribution in [3.8, 4) is 11.5 Å². The van der Waals surface area contributed by atoms with Crippen molar-refractivity contribution in [2.45, 2.75) is 0 Å². The van der Waals surface area contributed by atoms with E-state index in [1.807, 2.05) is 0 Å². The molecule has 2 N–H and O–H groups in total. The molecule has 0 aliphatic carbocycles. The van der Waals surface area contributed by atoms with Crippen LogP contribution in [0.1, 0.15) is 0 Å². The van der Waals surface area contributed by atoms with Gasteiger partial charge in [-0.2, -0.15) is 0 Å². The minimum atomic E-state index is -0.930. The maximum atomic E-state index is 13.6. The summed E-state index contributed by atoms with van der Waals surface area (Å²) in [5, 5.41) is 21.4. The summed E-state index contributed by atoms with van der Waals surface area (Å²) in [6.45, 7) is 0. The van der Waals surface area contributed by atoms with E-state index in [0.29, 0.717) is 0 Å². The van der Waals surface area contributed by atoms with Crippen molar-refractivity contribution in [3.05, 3.63) is 62.4 Å². The molecule has 0 amide bonds. The van der Waals surface area contributed by atoms with E-state index in [1.165, 1.54) is 12.1 Å². The Bertz CT molecular complexity index is 735. The van der Waals surface area contributed by atoms with E-state index in [9.17, 15) is 24.6 Å². The number of nitro benzene ring substituents is 2. The number of nitrogen functional groups attached to an aromatic ring is 1. The average Bonchev–Trinajstić information content (AvgIpc) is 2.40. The van der Waals surface area contributed by atoms with E-state index in [2.05, 4.69) is 0 Å². The van der Waals surface area contributed by atoms with Gasteiger partial charge in [0.05, 0.1) is 9.85 Å². The molecule has 0 aliphatic rings.